The SMILES string of the molecule is c1ccc2c(c1)CCN2.c1ccc2c(c1)ccc1[nH]ccc12. The van der Waals surface area contributed by atoms with Gasteiger partial charge in [0.25, 0.3) is 0 Å². The molecule has 0 bridgehead atoms. The number of rotatable bonds is 0. The van der Waals surface area contributed by atoms with E-state index in [4.69, 9.17) is 0 Å². The Morgan fingerprint density at radius 1 is 0.727 bits per heavy atom. The second-order valence-corrected chi connectivity index (χ2v) is 5.56. The number of para-hydroxylation sites is 1. The van der Waals surface area contributed by atoms with Crippen molar-refractivity contribution in [3.05, 3.63) is 78.5 Å². The van der Waals surface area contributed by atoms with E-state index >= 15 is 0 Å². The molecule has 1 aromatic heterocycles. The van der Waals surface area contributed by atoms with Crippen molar-refractivity contribution >= 4 is 27.4 Å². The van der Waals surface area contributed by atoms with Crippen LogP contribution >= 0.6 is 0 Å². The monoisotopic (exact) mass is 286 g/mol. The molecule has 0 amide bonds. The van der Waals surface area contributed by atoms with Crippen molar-refractivity contribution in [1.82, 2.24) is 4.98 Å². The average Bonchev–Trinajstić information content (AvgIpc) is 3.24. The summed E-state index contributed by atoms with van der Waals surface area (Å²) in [5.41, 5.74) is 3.98. The van der Waals surface area contributed by atoms with Crippen molar-refractivity contribution in [3.8, 4) is 0 Å². The zero-order valence-electron chi connectivity index (χ0n) is 12.3. The van der Waals surface area contributed by atoms with Crippen LogP contribution in [-0.4, -0.2) is 11.5 Å². The predicted octanol–water partition coefficient (Wildman–Crippen LogP) is 4.98. The fourth-order valence-corrected chi connectivity index (χ4v) is 3.06. The molecule has 0 saturated heterocycles. The molecule has 0 unspecified atom stereocenters. The van der Waals surface area contributed by atoms with E-state index in [0.717, 1.165) is 6.54 Å². The molecule has 0 fully saturated rings. The minimum atomic E-state index is 1.11. The van der Waals surface area contributed by atoms with Gasteiger partial charge in [0.2, 0.25) is 0 Å². The van der Waals surface area contributed by atoms with Crippen molar-refractivity contribution < 1.29 is 0 Å². The van der Waals surface area contributed by atoms with Gasteiger partial charge in [-0.05, 0) is 41.0 Å². The molecule has 2 heterocycles. The number of fused-ring (bicyclic) bond motifs is 4. The summed E-state index contributed by atoms with van der Waals surface area (Å²) in [6, 6.07) is 23.3. The van der Waals surface area contributed by atoms with Crippen LogP contribution in [0.4, 0.5) is 5.69 Å². The van der Waals surface area contributed by atoms with Gasteiger partial charge in [-0.15, -0.1) is 0 Å². The molecule has 5 rings (SSSR count). The number of aromatic amines is 1. The summed E-state index contributed by atoms with van der Waals surface area (Å²) in [7, 11) is 0. The third-order valence-corrected chi connectivity index (χ3v) is 4.19. The Bertz CT molecular complexity index is 898. The van der Waals surface area contributed by atoms with Gasteiger partial charge in [-0.25, -0.2) is 0 Å². The van der Waals surface area contributed by atoms with Gasteiger partial charge in [-0.3, -0.25) is 0 Å². The normalized spacial score (nSPS) is 12.5. The Morgan fingerprint density at radius 3 is 2.55 bits per heavy atom. The Balaban J connectivity index is 0.000000122. The van der Waals surface area contributed by atoms with Gasteiger partial charge in [0.15, 0.2) is 0 Å². The van der Waals surface area contributed by atoms with Crippen LogP contribution in [0.3, 0.4) is 0 Å². The lowest BCUT2D eigenvalue weighted by Crippen LogP contribution is -1.90. The Labute approximate surface area is 129 Å². The molecule has 1 aliphatic rings. The second kappa shape index (κ2) is 5.57. The van der Waals surface area contributed by atoms with Gasteiger partial charge in [0.05, 0.1) is 0 Å². The molecule has 2 N–H and O–H groups in total. The van der Waals surface area contributed by atoms with Crippen LogP contribution in [0.1, 0.15) is 5.56 Å². The first-order valence-corrected chi connectivity index (χ1v) is 7.68. The fraction of sp³-hybridized carbons (Fsp3) is 0.100. The highest BCUT2D eigenvalue weighted by Crippen LogP contribution is 2.23. The standard InChI is InChI=1S/C12H9N.C8H9N/c1-2-4-10-9(3-1)5-6-12-11(10)7-8-13-12;1-2-4-8-7(3-1)5-6-9-8/h1-8,13H;1-4,9H,5-6H2. The fourth-order valence-electron chi connectivity index (χ4n) is 3.06. The summed E-state index contributed by atoms with van der Waals surface area (Å²) in [5.74, 6) is 0. The maximum Gasteiger partial charge on any atom is 0.0460 e. The molecule has 0 spiro atoms. The van der Waals surface area contributed by atoms with Gasteiger partial charge in [-0.2, -0.15) is 0 Å². The van der Waals surface area contributed by atoms with Crippen LogP contribution in [0.25, 0.3) is 21.7 Å². The lowest BCUT2D eigenvalue weighted by molar-refractivity contribution is 1.11. The predicted molar refractivity (Wildman–Crippen MR) is 94.4 cm³/mol. The van der Waals surface area contributed by atoms with Gasteiger partial charge in [-0.1, -0.05) is 48.5 Å². The maximum absolute atomic E-state index is 3.30. The number of H-pyrrole nitrogens is 1. The van der Waals surface area contributed by atoms with Crippen LogP contribution < -0.4 is 5.32 Å². The van der Waals surface area contributed by atoms with Gasteiger partial charge in [0.1, 0.15) is 0 Å². The van der Waals surface area contributed by atoms with Crippen molar-refractivity contribution in [2.45, 2.75) is 6.42 Å². The molecule has 2 nitrogen and oxygen atoms in total. The molecule has 0 saturated carbocycles. The van der Waals surface area contributed by atoms with E-state index < -0.39 is 0 Å². The zero-order chi connectivity index (χ0) is 14.8. The lowest BCUT2D eigenvalue weighted by atomic mass is 10.1. The Hall–Kier alpha value is -2.74. The minimum absolute atomic E-state index is 1.11. The Morgan fingerprint density at radius 2 is 1.59 bits per heavy atom. The van der Waals surface area contributed by atoms with E-state index in [-0.39, 0.29) is 0 Å². The minimum Gasteiger partial charge on any atom is -0.384 e. The molecule has 22 heavy (non-hydrogen) atoms. The third kappa shape index (κ3) is 2.33. The van der Waals surface area contributed by atoms with Crippen LogP contribution in [0.2, 0.25) is 0 Å². The topological polar surface area (TPSA) is 27.8 Å². The summed E-state index contributed by atoms with van der Waals surface area (Å²) in [6.07, 6.45) is 3.17. The maximum atomic E-state index is 3.30. The quantitative estimate of drug-likeness (QED) is 0.469. The summed E-state index contributed by atoms with van der Waals surface area (Å²) in [5, 5.41) is 7.23. The van der Waals surface area contributed by atoms with E-state index in [1.165, 1.54) is 39.3 Å². The first-order valence-electron chi connectivity index (χ1n) is 7.68. The number of nitrogens with one attached hydrogen (secondary N) is 2. The highest BCUT2D eigenvalue weighted by Gasteiger charge is 2.05. The largest absolute Gasteiger partial charge is 0.384 e. The van der Waals surface area contributed by atoms with Crippen LogP contribution in [0.15, 0.2) is 72.9 Å². The molecule has 2 heteroatoms. The number of anilines is 1. The number of hydrogen-bond acceptors (Lipinski definition) is 1. The van der Waals surface area contributed by atoms with Crippen LogP contribution in [0.5, 0.6) is 0 Å². The number of hydrogen-bond donors (Lipinski definition) is 2. The first kappa shape index (κ1) is 13.0. The summed E-state index contributed by atoms with van der Waals surface area (Å²) < 4.78 is 0. The van der Waals surface area contributed by atoms with Crippen molar-refractivity contribution in [2.75, 3.05) is 11.9 Å². The average molecular weight is 286 g/mol. The molecule has 0 aliphatic carbocycles. The van der Waals surface area contributed by atoms with Crippen molar-refractivity contribution in [1.29, 1.82) is 0 Å². The molecule has 0 radical (unpaired) electrons. The van der Waals surface area contributed by atoms with Gasteiger partial charge < -0.3 is 10.3 Å². The van der Waals surface area contributed by atoms with Gasteiger partial charge in [0, 0.05) is 29.3 Å². The smallest absolute Gasteiger partial charge is 0.0460 e. The van der Waals surface area contributed by atoms with Crippen LogP contribution in [-0.2, 0) is 6.42 Å². The van der Waals surface area contributed by atoms with E-state index in [1.54, 1.807) is 0 Å². The third-order valence-electron chi connectivity index (χ3n) is 4.19. The van der Waals surface area contributed by atoms with E-state index in [1.807, 2.05) is 6.20 Å². The molecular formula is C20H18N2. The molecule has 108 valence electrons. The molecule has 1 aliphatic heterocycles. The molecule has 3 aromatic carbocycles. The van der Waals surface area contributed by atoms with E-state index in [0.29, 0.717) is 0 Å². The highest BCUT2D eigenvalue weighted by molar-refractivity contribution is 6.06. The number of benzene rings is 3. The second-order valence-electron chi connectivity index (χ2n) is 5.56. The molecular weight excluding hydrogens is 268 g/mol. The van der Waals surface area contributed by atoms with Crippen molar-refractivity contribution in [2.24, 2.45) is 0 Å². The summed E-state index contributed by atoms with van der Waals surface area (Å²) >= 11 is 0. The number of aromatic nitrogens is 1. The highest BCUT2D eigenvalue weighted by atomic mass is 14.9. The summed E-state index contributed by atoms with van der Waals surface area (Å²) in [6.45, 7) is 1.11. The lowest BCUT2D eigenvalue weighted by Gasteiger charge is -1.97. The van der Waals surface area contributed by atoms with Crippen LogP contribution in [0, 0.1) is 0 Å². The van der Waals surface area contributed by atoms with E-state index in [9.17, 15) is 0 Å². The summed E-state index contributed by atoms with van der Waals surface area (Å²) in [4.78, 5) is 3.21. The van der Waals surface area contributed by atoms with Gasteiger partial charge >= 0.3 is 0 Å². The Kier molecular flexibility index (Phi) is 3.28. The molecule has 0 atom stereocenters. The zero-order valence-corrected chi connectivity index (χ0v) is 12.3. The first-order chi connectivity index (χ1) is 10.9. The molecule has 4 aromatic rings. The van der Waals surface area contributed by atoms with E-state index in [2.05, 4.69) is 77.0 Å². The van der Waals surface area contributed by atoms with Crippen molar-refractivity contribution in [3.63, 3.8) is 0 Å².